The topological polar surface area (TPSA) is 29.3 Å². The lowest BCUT2D eigenvalue weighted by Gasteiger charge is -2.23. The van der Waals surface area contributed by atoms with Crippen molar-refractivity contribution >= 4 is 33.3 Å². The van der Waals surface area contributed by atoms with Gasteiger partial charge in [0, 0.05) is 27.7 Å². The third-order valence-corrected chi connectivity index (χ3v) is 10.6. The largest absolute Gasteiger partial charge is 0.340 e. The van der Waals surface area contributed by atoms with Gasteiger partial charge in [0.2, 0.25) is 0 Å². The molecule has 260 valence electrons. The van der Waals surface area contributed by atoms with Crippen LogP contribution >= 0.6 is 0 Å². The molecular weight excluding hydrogens is 667 g/mol. The van der Waals surface area contributed by atoms with Gasteiger partial charge in [0.1, 0.15) is 5.84 Å². The average Bonchev–Trinajstić information content (AvgIpc) is 3.61. The van der Waals surface area contributed by atoms with Gasteiger partial charge < -0.3 is 9.88 Å². The van der Waals surface area contributed by atoms with Crippen molar-refractivity contribution in [2.24, 2.45) is 4.99 Å². The van der Waals surface area contributed by atoms with Crippen LogP contribution < -0.4 is 5.32 Å². The molecule has 1 aliphatic rings. The number of nitrogens with one attached hydrogen (secondary N) is 1. The van der Waals surface area contributed by atoms with Crippen LogP contribution in [-0.2, 0) is 0 Å². The minimum absolute atomic E-state index is 0.102. The third kappa shape index (κ3) is 6.22. The number of aromatic nitrogens is 1. The van der Waals surface area contributed by atoms with E-state index in [0.717, 1.165) is 45.0 Å². The Hall–Kier alpha value is -7.23. The number of aliphatic imine (C=N–C) groups is 1. The molecule has 8 aromatic carbocycles. The lowest BCUT2D eigenvalue weighted by atomic mass is 9.92. The maximum absolute atomic E-state index is 5.26. The van der Waals surface area contributed by atoms with Crippen LogP contribution in [0.1, 0.15) is 22.7 Å². The average molecular weight is 704 g/mol. The second kappa shape index (κ2) is 14.0. The number of amidine groups is 1. The zero-order chi connectivity index (χ0) is 36.6. The maximum atomic E-state index is 5.26. The number of rotatable bonds is 7. The number of fused-ring (bicyclic) bond motifs is 3. The highest BCUT2D eigenvalue weighted by Crippen LogP contribution is 2.36. The van der Waals surface area contributed by atoms with E-state index in [9.17, 15) is 0 Å². The Morgan fingerprint density at radius 2 is 0.855 bits per heavy atom. The number of para-hydroxylation sites is 2. The quantitative estimate of drug-likeness (QED) is 0.176. The molecule has 1 aromatic heterocycles. The van der Waals surface area contributed by atoms with Gasteiger partial charge in [-0.3, -0.25) is 4.99 Å². The molecule has 2 heterocycles. The molecule has 0 aliphatic carbocycles. The predicted molar refractivity (Wildman–Crippen MR) is 230 cm³/mol. The van der Waals surface area contributed by atoms with Gasteiger partial charge in [-0.15, -0.1) is 0 Å². The van der Waals surface area contributed by atoms with Crippen LogP contribution in [0.25, 0.3) is 66.6 Å². The Morgan fingerprint density at radius 1 is 0.382 bits per heavy atom. The van der Waals surface area contributed by atoms with Crippen LogP contribution in [0.5, 0.6) is 0 Å². The highest BCUT2D eigenvalue weighted by atomic mass is 15.0. The van der Waals surface area contributed by atoms with Crippen LogP contribution in [0.3, 0.4) is 0 Å². The second-order valence-corrected chi connectivity index (χ2v) is 14.1. The summed E-state index contributed by atoms with van der Waals surface area (Å²) in [6.07, 6.45) is 2.22. The Bertz CT molecular complexity index is 2810. The van der Waals surface area contributed by atoms with Crippen molar-refractivity contribution < 1.29 is 0 Å². The zero-order valence-electron chi connectivity index (χ0n) is 30.2. The smallest absolute Gasteiger partial charge is 0.133 e. The Kier molecular flexibility index (Phi) is 8.23. The first-order chi connectivity index (χ1) is 27.2. The first-order valence-corrected chi connectivity index (χ1v) is 18.8. The van der Waals surface area contributed by atoms with Gasteiger partial charge >= 0.3 is 0 Å². The Balaban J connectivity index is 1.05. The molecule has 1 N–H and O–H groups in total. The van der Waals surface area contributed by atoms with Crippen LogP contribution in [-0.4, -0.2) is 10.4 Å². The van der Waals surface area contributed by atoms with E-state index in [-0.39, 0.29) is 6.04 Å². The Morgan fingerprint density at radius 3 is 1.49 bits per heavy atom. The number of hydrogen-bond donors (Lipinski definition) is 1. The van der Waals surface area contributed by atoms with Gasteiger partial charge in [-0.1, -0.05) is 158 Å². The minimum Gasteiger partial charge on any atom is -0.340 e. The van der Waals surface area contributed by atoms with Crippen LogP contribution in [0.4, 0.5) is 0 Å². The van der Waals surface area contributed by atoms with Gasteiger partial charge in [0.15, 0.2) is 0 Å². The van der Waals surface area contributed by atoms with Gasteiger partial charge in [-0.25, -0.2) is 0 Å². The van der Waals surface area contributed by atoms with E-state index in [1.165, 1.54) is 44.1 Å². The molecule has 10 rings (SSSR count). The first-order valence-electron chi connectivity index (χ1n) is 18.8. The molecule has 3 heteroatoms. The molecule has 9 aromatic rings. The Labute approximate surface area is 321 Å². The fraction of sp³-hybridized carbons (Fsp3) is 0.0192. The fourth-order valence-corrected chi connectivity index (χ4v) is 7.90. The van der Waals surface area contributed by atoms with Crippen LogP contribution in [0.15, 0.2) is 217 Å². The molecule has 0 saturated carbocycles. The van der Waals surface area contributed by atoms with E-state index in [2.05, 4.69) is 222 Å². The van der Waals surface area contributed by atoms with E-state index in [0.29, 0.717) is 0 Å². The molecule has 1 unspecified atom stereocenters. The van der Waals surface area contributed by atoms with E-state index in [4.69, 9.17) is 4.99 Å². The minimum atomic E-state index is -0.102. The van der Waals surface area contributed by atoms with Crippen molar-refractivity contribution in [3.8, 4) is 39.1 Å². The number of hydrogen-bond acceptors (Lipinski definition) is 2. The predicted octanol–water partition coefficient (Wildman–Crippen LogP) is 12.9. The molecule has 0 fully saturated rings. The standard InChI is InChI=1S/C52H37N3/c1-4-15-36(16-5-1)42-32-43(37-27-29-45(30-28-37)55-50-25-12-10-23-46(50)47-24-11-13-26-51(47)55)34-44(33-42)40-21-14-22-41(31-40)52-53-48(38-17-6-2-7-18-38)35-49(54-52)39-19-8-3-9-20-39/h1-35,48H,(H,53,54). The maximum Gasteiger partial charge on any atom is 0.133 e. The molecule has 3 nitrogen and oxygen atoms in total. The molecular formula is C52H37N3. The van der Waals surface area contributed by atoms with Gasteiger partial charge in [-0.05, 0) is 99.1 Å². The monoisotopic (exact) mass is 703 g/mol. The van der Waals surface area contributed by atoms with Crippen molar-refractivity contribution in [3.05, 3.63) is 229 Å². The van der Waals surface area contributed by atoms with E-state index in [1.54, 1.807) is 0 Å². The molecule has 1 aliphatic heterocycles. The van der Waals surface area contributed by atoms with Gasteiger partial charge in [0.25, 0.3) is 0 Å². The zero-order valence-corrected chi connectivity index (χ0v) is 30.2. The molecule has 0 spiro atoms. The lowest BCUT2D eigenvalue weighted by Crippen LogP contribution is -2.27. The summed E-state index contributed by atoms with van der Waals surface area (Å²) in [7, 11) is 0. The molecule has 0 radical (unpaired) electrons. The summed E-state index contributed by atoms with van der Waals surface area (Å²) >= 11 is 0. The summed E-state index contributed by atoms with van der Waals surface area (Å²) in [6, 6.07) is 73.6. The van der Waals surface area contributed by atoms with Crippen molar-refractivity contribution in [1.29, 1.82) is 0 Å². The van der Waals surface area contributed by atoms with E-state index in [1.807, 2.05) is 0 Å². The van der Waals surface area contributed by atoms with Crippen molar-refractivity contribution in [3.63, 3.8) is 0 Å². The summed E-state index contributed by atoms with van der Waals surface area (Å²) in [5.41, 5.74) is 15.0. The highest BCUT2D eigenvalue weighted by molar-refractivity contribution is 6.09. The highest BCUT2D eigenvalue weighted by Gasteiger charge is 2.20. The molecule has 55 heavy (non-hydrogen) atoms. The van der Waals surface area contributed by atoms with E-state index >= 15 is 0 Å². The van der Waals surface area contributed by atoms with Crippen molar-refractivity contribution in [2.45, 2.75) is 6.04 Å². The fourth-order valence-electron chi connectivity index (χ4n) is 7.90. The summed E-state index contributed by atoms with van der Waals surface area (Å²) in [4.78, 5) is 5.26. The number of nitrogens with zero attached hydrogens (tertiary/aromatic N) is 2. The van der Waals surface area contributed by atoms with Crippen molar-refractivity contribution in [2.75, 3.05) is 0 Å². The summed E-state index contributed by atoms with van der Waals surface area (Å²) < 4.78 is 2.37. The summed E-state index contributed by atoms with van der Waals surface area (Å²) in [5, 5.41) is 6.22. The molecule has 1 atom stereocenters. The molecule has 0 amide bonds. The van der Waals surface area contributed by atoms with Crippen LogP contribution in [0.2, 0.25) is 0 Å². The van der Waals surface area contributed by atoms with Gasteiger partial charge in [-0.2, -0.15) is 0 Å². The summed E-state index contributed by atoms with van der Waals surface area (Å²) in [6.45, 7) is 0. The number of benzene rings is 8. The molecule has 0 saturated heterocycles. The van der Waals surface area contributed by atoms with Crippen molar-refractivity contribution in [1.82, 2.24) is 9.88 Å². The normalized spacial score (nSPS) is 14.0. The second-order valence-electron chi connectivity index (χ2n) is 14.1. The molecule has 0 bridgehead atoms. The van der Waals surface area contributed by atoms with Gasteiger partial charge in [0.05, 0.1) is 17.1 Å². The third-order valence-electron chi connectivity index (χ3n) is 10.6. The first kappa shape index (κ1) is 32.4. The van der Waals surface area contributed by atoms with E-state index < -0.39 is 0 Å². The summed E-state index contributed by atoms with van der Waals surface area (Å²) in [5.74, 6) is 0.858. The SMILES string of the molecule is C1=C(c2ccccc2)NC(c2cccc(-c3cc(-c4ccccc4)cc(-c4ccc(-n5c6ccccc6c6ccccc65)cc4)c3)c2)=NC1c1ccccc1. The van der Waals surface area contributed by atoms with Crippen LogP contribution in [0, 0.1) is 0 Å². The lowest BCUT2D eigenvalue weighted by molar-refractivity contribution is 0.880.